The summed E-state index contributed by atoms with van der Waals surface area (Å²) in [5.41, 5.74) is 1.91. The molecule has 0 saturated carbocycles. The highest BCUT2D eigenvalue weighted by Gasteiger charge is 2.09. The standard InChI is InChI=1S/C14H16N2O2/c1-17-13(18-2)10-12-8-9-15-14(16-12)11-6-4-3-5-7-11/h3-9,13H,10H2,1-2H3. The summed E-state index contributed by atoms with van der Waals surface area (Å²) in [5.74, 6) is 0.721. The summed E-state index contributed by atoms with van der Waals surface area (Å²) in [5, 5.41) is 0. The second kappa shape index (κ2) is 6.23. The Hall–Kier alpha value is -1.78. The molecule has 0 aliphatic carbocycles. The highest BCUT2D eigenvalue weighted by molar-refractivity contribution is 5.54. The molecule has 2 aromatic rings. The van der Waals surface area contributed by atoms with Crippen LogP contribution in [0, 0.1) is 0 Å². The zero-order chi connectivity index (χ0) is 12.8. The molecule has 94 valence electrons. The molecule has 0 amide bonds. The van der Waals surface area contributed by atoms with Crippen molar-refractivity contribution in [2.45, 2.75) is 12.7 Å². The monoisotopic (exact) mass is 244 g/mol. The van der Waals surface area contributed by atoms with Crippen LogP contribution in [0.1, 0.15) is 5.69 Å². The van der Waals surface area contributed by atoms with Crippen LogP contribution in [0.2, 0.25) is 0 Å². The number of hydrogen-bond donors (Lipinski definition) is 0. The third kappa shape index (κ3) is 3.12. The minimum atomic E-state index is -0.275. The van der Waals surface area contributed by atoms with Crippen LogP contribution in [0.15, 0.2) is 42.6 Å². The predicted molar refractivity (Wildman–Crippen MR) is 69.0 cm³/mol. The van der Waals surface area contributed by atoms with E-state index in [4.69, 9.17) is 9.47 Å². The van der Waals surface area contributed by atoms with Crippen molar-refractivity contribution in [3.8, 4) is 11.4 Å². The molecule has 0 aliphatic rings. The van der Waals surface area contributed by atoms with Gasteiger partial charge in [0.15, 0.2) is 12.1 Å². The van der Waals surface area contributed by atoms with E-state index in [0.717, 1.165) is 17.1 Å². The molecule has 2 rings (SSSR count). The Morgan fingerprint density at radius 2 is 1.78 bits per heavy atom. The molecule has 0 aliphatic heterocycles. The molecule has 0 atom stereocenters. The van der Waals surface area contributed by atoms with Gasteiger partial charge in [-0.15, -0.1) is 0 Å². The molecule has 0 radical (unpaired) electrons. The van der Waals surface area contributed by atoms with Gasteiger partial charge in [-0.3, -0.25) is 0 Å². The van der Waals surface area contributed by atoms with Gasteiger partial charge in [0.05, 0.1) is 0 Å². The molecule has 0 N–H and O–H groups in total. The van der Waals surface area contributed by atoms with E-state index in [1.165, 1.54) is 0 Å². The maximum atomic E-state index is 5.17. The van der Waals surface area contributed by atoms with Crippen molar-refractivity contribution in [3.05, 3.63) is 48.3 Å². The van der Waals surface area contributed by atoms with E-state index in [1.807, 2.05) is 36.4 Å². The molecule has 4 heteroatoms. The Bertz CT molecular complexity index is 484. The van der Waals surface area contributed by atoms with Crippen LogP contribution in [0.25, 0.3) is 11.4 Å². The third-order valence-electron chi connectivity index (χ3n) is 2.65. The first-order valence-electron chi connectivity index (χ1n) is 5.76. The summed E-state index contributed by atoms with van der Waals surface area (Å²) in [7, 11) is 3.24. The van der Waals surface area contributed by atoms with Crippen molar-refractivity contribution in [2.24, 2.45) is 0 Å². The second-order valence-corrected chi connectivity index (χ2v) is 3.84. The molecule has 0 saturated heterocycles. The normalized spacial score (nSPS) is 10.8. The summed E-state index contributed by atoms with van der Waals surface area (Å²) in [4.78, 5) is 8.78. The van der Waals surface area contributed by atoms with Gasteiger partial charge in [-0.2, -0.15) is 0 Å². The van der Waals surface area contributed by atoms with Gasteiger partial charge in [-0.25, -0.2) is 9.97 Å². The van der Waals surface area contributed by atoms with Gasteiger partial charge >= 0.3 is 0 Å². The fraction of sp³-hybridized carbons (Fsp3) is 0.286. The smallest absolute Gasteiger partial charge is 0.162 e. The lowest BCUT2D eigenvalue weighted by Gasteiger charge is -2.12. The first kappa shape index (κ1) is 12.7. The van der Waals surface area contributed by atoms with E-state index >= 15 is 0 Å². The van der Waals surface area contributed by atoms with Crippen LogP contribution in [-0.4, -0.2) is 30.5 Å². The SMILES string of the molecule is COC(Cc1ccnc(-c2ccccc2)n1)OC. The number of benzene rings is 1. The van der Waals surface area contributed by atoms with Gasteiger partial charge in [-0.05, 0) is 6.07 Å². The van der Waals surface area contributed by atoms with E-state index in [1.54, 1.807) is 20.4 Å². The lowest BCUT2D eigenvalue weighted by molar-refractivity contribution is -0.101. The van der Waals surface area contributed by atoms with E-state index in [-0.39, 0.29) is 6.29 Å². The molecule has 1 aromatic carbocycles. The van der Waals surface area contributed by atoms with E-state index in [9.17, 15) is 0 Å². The number of ether oxygens (including phenoxy) is 2. The molecule has 0 unspecified atom stereocenters. The Morgan fingerprint density at radius 3 is 2.44 bits per heavy atom. The third-order valence-corrected chi connectivity index (χ3v) is 2.65. The zero-order valence-electron chi connectivity index (χ0n) is 10.5. The summed E-state index contributed by atoms with van der Waals surface area (Å²) in [6.45, 7) is 0. The van der Waals surface area contributed by atoms with Gasteiger partial charge in [0.25, 0.3) is 0 Å². The average Bonchev–Trinajstić information content (AvgIpc) is 2.46. The van der Waals surface area contributed by atoms with E-state index in [2.05, 4.69) is 9.97 Å². The fourth-order valence-corrected chi connectivity index (χ4v) is 1.67. The maximum Gasteiger partial charge on any atom is 0.162 e. The van der Waals surface area contributed by atoms with Crippen molar-refractivity contribution in [2.75, 3.05) is 14.2 Å². The van der Waals surface area contributed by atoms with Gasteiger partial charge in [0, 0.05) is 38.1 Å². The summed E-state index contributed by atoms with van der Waals surface area (Å²) in [6, 6.07) is 11.8. The van der Waals surface area contributed by atoms with Crippen molar-refractivity contribution >= 4 is 0 Å². The highest BCUT2D eigenvalue weighted by atomic mass is 16.7. The average molecular weight is 244 g/mol. The molecule has 0 fully saturated rings. The van der Waals surface area contributed by atoms with Crippen LogP contribution < -0.4 is 0 Å². The largest absolute Gasteiger partial charge is 0.356 e. The molecule has 0 spiro atoms. The fourth-order valence-electron chi connectivity index (χ4n) is 1.67. The van der Waals surface area contributed by atoms with Gasteiger partial charge < -0.3 is 9.47 Å². The van der Waals surface area contributed by atoms with Crippen LogP contribution in [0.5, 0.6) is 0 Å². The van der Waals surface area contributed by atoms with Crippen molar-refractivity contribution in [1.82, 2.24) is 9.97 Å². The van der Waals surface area contributed by atoms with Gasteiger partial charge in [0.1, 0.15) is 0 Å². The van der Waals surface area contributed by atoms with Crippen molar-refractivity contribution in [1.29, 1.82) is 0 Å². The Balaban J connectivity index is 2.20. The number of rotatable bonds is 5. The summed E-state index contributed by atoms with van der Waals surface area (Å²) in [6.07, 6.45) is 2.09. The molecule has 18 heavy (non-hydrogen) atoms. The van der Waals surface area contributed by atoms with Gasteiger partial charge in [0.2, 0.25) is 0 Å². The van der Waals surface area contributed by atoms with Crippen LogP contribution in [-0.2, 0) is 15.9 Å². The van der Waals surface area contributed by atoms with Crippen LogP contribution in [0.3, 0.4) is 0 Å². The first-order valence-corrected chi connectivity index (χ1v) is 5.76. The molecule has 1 heterocycles. The van der Waals surface area contributed by atoms with Crippen molar-refractivity contribution in [3.63, 3.8) is 0 Å². The molecular weight excluding hydrogens is 228 g/mol. The Morgan fingerprint density at radius 1 is 1.06 bits per heavy atom. The highest BCUT2D eigenvalue weighted by Crippen LogP contribution is 2.14. The Labute approximate surface area is 107 Å². The van der Waals surface area contributed by atoms with E-state index < -0.39 is 0 Å². The van der Waals surface area contributed by atoms with Crippen LogP contribution >= 0.6 is 0 Å². The summed E-state index contributed by atoms with van der Waals surface area (Å²) >= 11 is 0. The lowest BCUT2D eigenvalue weighted by atomic mass is 10.2. The molecule has 0 bridgehead atoms. The topological polar surface area (TPSA) is 44.2 Å². The number of hydrogen-bond acceptors (Lipinski definition) is 4. The second-order valence-electron chi connectivity index (χ2n) is 3.84. The molecule has 1 aromatic heterocycles. The van der Waals surface area contributed by atoms with E-state index in [0.29, 0.717) is 6.42 Å². The minimum absolute atomic E-state index is 0.275. The maximum absolute atomic E-state index is 5.17. The zero-order valence-corrected chi connectivity index (χ0v) is 10.5. The number of aromatic nitrogens is 2. The molecular formula is C14H16N2O2. The Kier molecular flexibility index (Phi) is 4.39. The minimum Gasteiger partial charge on any atom is -0.356 e. The van der Waals surface area contributed by atoms with Crippen LogP contribution in [0.4, 0.5) is 0 Å². The van der Waals surface area contributed by atoms with Crippen molar-refractivity contribution < 1.29 is 9.47 Å². The quantitative estimate of drug-likeness (QED) is 0.757. The summed E-state index contributed by atoms with van der Waals surface area (Å²) < 4.78 is 10.3. The number of nitrogens with zero attached hydrogens (tertiary/aromatic N) is 2. The van der Waals surface area contributed by atoms with Gasteiger partial charge in [-0.1, -0.05) is 30.3 Å². The first-order chi connectivity index (χ1) is 8.83. The number of methoxy groups -OCH3 is 2. The predicted octanol–water partition coefficient (Wildman–Crippen LogP) is 2.31. The lowest BCUT2D eigenvalue weighted by Crippen LogP contribution is -2.17. The molecule has 4 nitrogen and oxygen atoms in total.